The molecular formula is C25H33N7O5. The maximum atomic E-state index is 13.1. The molecule has 3 atom stereocenters. The van der Waals surface area contributed by atoms with Gasteiger partial charge in [-0.05, 0) is 24.8 Å². The number of hydrogen-bond donors (Lipinski definition) is 0. The molecule has 0 aromatic carbocycles. The zero-order valence-corrected chi connectivity index (χ0v) is 21.5. The summed E-state index contributed by atoms with van der Waals surface area (Å²) in [5, 5.41) is 9.62. The van der Waals surface area contributed by atoms with Crippen LogP contribution in [-0.4, -0.2) is 102 Å². The molecule has 2 amide bonds. The monoisotopic (exact) mass is 511 g/mol. The number of fused-ring (bicyclic) bond motifs is 1. The lowest BCUT2D eigenvalue weighted by Gasteiger charge is -2.42. The normalized spacial score (nSPS) is 21.5. The van der Waals surface area contributed by atoms with Crippen LogP contribution in [0.5, 0.6) is 0 Å². The summed E-state index contributed by atoms with van der Waals surface area (Å²) < 4.78 is 12.0. The molecule has 0 spiro atoms. The number of nitrogens with zero attached hydrogens (tertiary/aromatic N) is 7. The number of rotatable bonds is 7. The van der Waals surface area contributed by atoms with E-state index in [-0.39, 0.29) is 49.4 Å². The first-order chi connectivity index (χ1) is 17.8. The highest BCUT2D eigenvalue weighted by Crippen LogP contribution is 2.29. The van der Waals surface area contributed by atoms with Gasteiger partial charge in [-0.15, -0.1) is 0 Å². The Hall–Kier alpha value is -3.72. The van der Waals surface area contributed by atoms with Crippen LogP contribution < -0.4 is 4.90 Å². The maximum absolute atomic E-state index is 13.1. The number of ether oxygens (including phenoxy) is 2. The quantitative estimate of drug-likeness (QED) is 0.507. The van der Waals surface area contributed by atoms with Crippen LogP contribution in [0.4, 0.5) is 10.6 Å². The third kappa shape index (κ3) is 5.67. The Morgan fingerprint density at radius 2 is 2.08 bits per heavy atom. The summed E-state index contributed by atoms with van der Waals surface area (Å²) >= 11 is 0. The Morgan fingerprint density at radius 3 is 2.81 bits per heavy atom. The van der Waals surface area contributed by atoms with E-state index in [0.717, 1.165) is 6.42 Å². The fourth-order valence-corrected chi connectivity index (χ4v) is 4.89. The van der Waals surface area contributed by atoms with Crippen LogP contribution in [0.25, 0.3) is 11.0 Å². The van der Waals surface area contributed by atoms with Gasteiger partial charge in [0.25, 0.3) is 0 Å². The van der Waals surface area contributed by atoms with Crippen LogP contribution in [0.15, 0.2) is 18.6 Å². The molecule has 1 unspecified atom stereocenters. The lowest BCUT2D eigenvalue weighted by atomic mass is 9.92. The van der Waals surface area contributed by atoms with E-state index in [1.165, 1.54) is 15.8 Å². The van der Waals surface area contributed by atoms with E-state index in [2.05, 4.69) is 16.9 Å². The average molecular weight is 512 g/mol. The standard InChI is InChI=1S/C25H33N7O5/c1-17-5-9-31(21(33)4-8-26)14-20(17)30(3)22-19-6-10-32(23(19)28-16-27-22)25(35)29(2)11-13-37-24(34)18-7-12-36-15-18/h6,10,16-18,20H,4-5,7,9,11-15H2,1-3H3/t17-,18?,20+/m1/s1. The lowest BCUT2D eigenvalue weighted by Crippen LogP contribution is -2.52. The number of piperidine rings is 1. The zero-order valence-electron chi connectivity index (χ0n) is 21.5. The molecule has 37 heavy (non-hydrogen) atoms. The summed E-state index contributed by atoms with van der Waals surface area (Å²) in [6.07, 6.45) is 4.44. The number of hydrogen-bond acceptors (Lipinski definition) is 9. The Balaban J connectivity index is 1.45. The van der Waals surface area contributed by atoms with Crippen molar-refractivity contribution in [3.8, 4) is 6.07 Å². The number of carbonyl (C=O) groups is 3. The first-order valence-corrected chi connectivity index (χ1v) is 12.5. The molecule has 0 aliphatic carbocycles. The summed E-state index contributed by atoms with van der Waals surface area (Å²) in [6, 6.07) is 3.43. The highest BCUT2D eigenvalue weighted by atomic mass is 16.5. The molecule has 4 rings (SSSR count). The summed E-state index contributed by atoms with van der Waals surface area (Å²) in [6.45, 7) is 4.55. The van der Waals surface area contributed by atoms with Crippen LogP contribution in [-0.2, 0) is 19.1 Å². The minimum absolute atomic E-state index is 0.00355. The minimum atomic E-state index is -0.304. The molecule has 2 aromatic heterocycles. The summed E-state index contributed by atoms with van der Waals surface area (Å²) in [5.41, 5.74) is 0.467. The summed E-state index contributed by atoms with van der Waals surface area (Å²) in [5.74, 6) is 0.274. The SMILES string of the molecule is C[C@@H]1CCN(C(=O)CC#N)C[C@@H]1N(C)c1ncnc2c1ccn2C(=O)N(C)CCOC(=O)C1CCOC1. The van der Waals surface area contributed by atoms with Crippen molar-refractivity contribution < 1.29 is 23.9 Å². The topological polar surface area (TPSA) is 134 Å². The van der Waals surface area contributed by atoms with Crippen molar-refractivity contribution in [2.45, 2.75) is 32.2 Å². The first kappa shape index (κ1) is 26.3. The Labute approximate surface area is 215 Å². The van der Waals surface area contributed by atoms with Crippen LogP contribution in [0, 0.1) is 23.2 Å². The second kappa shape index (κ2) is 11.6. The molecule has 0 bridgehead atoms. The molecular weight excluding hydrogens is 478 g/mol. The second-order valence-corrected chi connectivity index (χ2v) is 9.67. The number of anilines is 1. The Kier molecular flexibility index (Phi) is 8.23. The molecule has 2 aromatic rings. The molecule has 2 saturated heterocycles. The smallest absolute Gasteiger partial charge is 0.329 e. The van der Waals surface area contributed by atoms with E-state index < -0.39 is 0 Å². The van der Waals surface area contributed by atoms with Crippen molar-refractivity contribution in [3.05, 3.63) is 18.6 Å². The fourth-order valence-electron chi connectivity index (χ4n) is 4.89. The highest BCUT2D eigenvalue weighted by Gasteiger charge is 2.33. The number of amides is 2. The predicted molar refractivity (Wildman–Crippen MR) is 134 cm³/mol. The van der Waals surface area contributed by atoms with E-state index in [9.17, 15) is 14.4 Å². The van der Waals surface area contributed by atoms with E-state index in [1.54, 1.807) is 24.2 Å². The van der Waals surface area contributed by atoms with Gasteiger partial charge >= 0.3 is 12.0 Å². The van der Waals surface area contributed by atoms with Gasteiger partial charge in [0.15, 0.2) is 5.65 Å². The first-order valence-electron chi connectivity index (χ1n) is 12.5. The van der Waals surface area contributed by atoms with E-state index in [4.69, 9.17) is 14.7 Å². The van der Waals surface area contributed by atoms with Gasteiger partial charge in [0.1, 0.15) is 25.2 Å². The van der Waals surface area contributed by atoms with E-state index in [0.29, 0.717) is 55.5 Å². The number of likely N-dealkylation sites (N-methyl/N-ethyl adjacent to an activating group) is 2. The van der Waals surface area contributed by atoms with Crippen molar-refractivity contribution in [1.82, 2.24) is 24.3 Å². The van der Waals surface area contributed by atoms with Gasteiger partial charge in [0.05, 0.1) is 36.6 Å². The highest BCUT2D eigenvalue weighted by molar-refractivity contribution is 5.94. The van der Waals surface area contributed by atoms with Crippen molar-refractivity contribution in [3.63, 3.8) is 0 Å². The number of aromatic nitrogens is 3. The van der Waals surface area contributed by atoms with Crippen LogP contribution in [0.1, 0.15) is 26.2 Å². The Morgan fingerprint density at radius 1 is 1.27 bits per heavy atom. The molecule has 2 aliphatic heterocycles. The van der Waals surface area contributed by atoms with E-state index in [1.807, 2.05) is 18.0 Å². The average Bonchev–Trinajstić information content (AvgIpc) is 3.58. The van der Waals surface area contributed by atoms with Gasteiger partial charge in [-0.25, -0.2) is 14.8 Å². The summed E-state index contributed by atoms with van der Waals surface area (Å²) in [4.78, 5) is 51.7. The molecule has 0 saturated carbocycles. The van der Waals surface area contributed by atoms with Crippen molar-refractivity contribution >= 4 is 34.8 Å². The summed E-state index contributed by atoms with van der Waals surface area (Å²) in [7, 11) is 3.57. The van der Waals surface area contributed by atoms with Crippen molar-refractivity contribution in [2.75, 3.05) is 58.5 Å². The molecule has 12 nitrogen and oxygen atoms in total. The van der Waals surface area contributed by atoms with Crippen LogP contribution in [0.3, 0.4) is 0 Å². The predicted octanol–water partition coefficient (Wildman–Crippen LogP) is 1.50. The van der Waals surface area contributed by atoms with Gasteiger partial charge in [0.2, 0.25) is 5.91 Å². The fraction of sp³-hybridized carbons (Fsp3) is 0.600. The van der Waals surface area contributed by atoms with Gasteiger partial charge in [-0.1, -0.05) is 6.92 Å². The molecule has 2 aliphatic rings. The molecule has 0 radical (unpaired) electrons. The maximum Gasteiger partial charge on any atom is 0.329 e. The second-order valence-electron chi connectivity index (χ2n) is 9.67. The third-order valence-corrected chi connectivity index (χ3v) is 7.26. The number of nitriles is 1. The minimum Gasteiger partial charge on any atom is -0.464 e. The van der Waals surface area contributed by atoms with Crippen molar-refractivity contribution in [2.24, 2.45) is 11.8 Å². The third-order valence-electron chi connectivity index (χ3n) is 7.26. The van der Waals surface area contributed by atoms with Gasteiger partial charge in [-0.3, -0.25) is 14.2 Å². The molecule has 0 N–H and O–H groups in total. The van der Waals surface area contributed by atoms with Crippen LogP contribution >= 0.6 is 0 Å². The molecule has 12 heteroatoms. The van der Waals surface area contributed by atoms with Crippen LogP contribution in [0.2, 0.25) is 0 Å². The largest absolute Gasteiger partial charge is 0.464 e. The lowest BCUT2D eigenvalue weighted by molar-refractivity contribution is -0.148. The molecule has 2 fully saturated rings. The van der Waals surface area contributed by atoms with Gasteiger partial charge in [-0.2, -0.15) is 5.26 Å². The zero-order chi connectivity index (χ0) is 26.5. The molecule has 4 heterocycles. The van der Waals surface area contributed by atoms with E-state index >= 15 is 0 Å². The molecule has 198 valence electrons. The number of esters is 1. The van der Waals surface area contributed by atoms with Gasteiger partial charge in [0, 0.05) is 40.0 Å². The number of carbonyl (C=O) groups excluding carboxylic acids is 3. The van der Waals surface area contributed by atoms with Gasteiger partial charge < -0.3 is 24.2 Å². The Bertz CT molecular complexity index is 1190. The van der Waals surface area contributed by atoms with Crippen molar-refractivity contribution in [1.29, 1.82) is 5.26 Å². The number of likely N-dealkylation sites (tertiary alicyclic amines) is 1.